The summed E-state index contributed by atoms with van der Waals surface area (Å²) in [6.45, 7) is 4.71. The lowest BCUT2D eigenvalue weighted by atomic mass is 9.60. The van der Waals surface area contributed by atoms with Crippen molar-refractivity contribution >= 4 is 39.0 Å². The van der Waals surface area contributed by atoms with Gasteiger partial charge in [-0.15, -0.1) is 0 Å². The highest BCUT2D eigenvalue weighted by Crippen LogP contribution is 2.24. The van der Waals surface area contributed by atoms with Crippen LogP contribution in [0.3, 0.4) is 0 Å². The van der Waals surface area contributed by atoms with E-state index in [0.29, 0.717) is 30.0 Å². The highest BCUT2D eigenvalue weighted by atomic mass is 19.4. The standard InChI is InChI=1S/C18H23B2F3N4O2.C5H7N3O2.C3H6/c1-11(29-12(2)18(21,22)23)6-16-25-14-5-4-13(7-15(14)26-16)8-27(3)17(19,20)9-24-10-28;1-3-4(5(9)6-2)8-10-7-3;1-2-3-1/h4-5,7,10-12H,6,8-9H2,1-3H3,(H,24,28)(H,25,26);1-2H3,(H,6,9);1-3H2/t11-,12?;;/m1../s1. The Balaban J connectivity index is 0.000000387. The van der Waals surface area contributed by atoms with Crippen molar-refractivity contribution in [2.24, 2.45) is 0 Å². The van der Waals surface area contributed by atoms with Crippen LogP contribution in [0.25, 0.3) is 11.0 Å². The molecule has 4 rings (SSSR count). The number of benzene rings is 1. The van der Waals surface area contributed by atoms with Crippen molar-refractivity contribution in [2.75, 3.05) is 20.6 Å². The van der Waals surface area contributed by atoms with Gasteiger partial charge in [0.05, 0.1) is 32.8 Å². The van der Waals surface area contributed by atoms with E-state index in [0.717, 1.165) is 18.0 Å². The Labute approximate surface area is 245 Å². The lowest BCUT2D eigenvalue weighted by Crippen LogP contribution is -2.54. The summed E-state index contributed by atoms with van der Waals surface area (Å²) in [6, 6.07) is 5.54. The molecule has 1 aliphatic rings. The van der Waals surface area contributed by atoms with E-state index in [1.165, 1.54) is 26.3 Å². The van der Waals surface area contributed by atoms with Gasteiger partial charge in [0.1, 0.15) is 11.5 Å². The Morgan fingerprint density at radius 3 is 2.43 bits per heavy atom. The number of aromatic amines is 1. The van der Waals surface area contributed by atoms with Crippen LogP contribution in [0.1, 0.15) is 60.7 Å². The van der Waals surface area contributed by atoms with Crippen molar-refractivity contribution in [3.63, 3.8) is 0 Å². The van der Waals surface area contributed by atoms with E-state index in [9.17, 15) is 22.8 Å². The Morgan fingerprint density at radius 2 is 1.90 bits per heavy atom. The maximum atomic E-state index is 12.6. The van der Waals surface area contributed by atoms with E-state index in [4.69, 9.17) is 20.4 Å². The summed E-state index contributed by atoms with van der Waals surface area (Å²) in [5.41, 5.74) is 3.07. The number of nitrogens with zero attached hydrogens (tertiary/aromatic N) is 4. The second-order valence-electron chi connectivity index (χ2n) is 10.1. The van der Waals surface area contributed by atoms with Crippen LogP contribution in [0.2, 0.25) is 0 Å². The lowest BCUT2D eigenvalue weighted by molar-refractivity contribution is -0.224. The molecule has 2 atom stereocenters. The van der Waals surface area contributed by atoms with Gasteiger partial charge in [-0.05, 0) is 56.0 Å². The molecule has 3 aromatic rings. The molecule has 1 aromatic carbocycles. The number of alkyl halides is 3. The van der Waals surface area contributed by atoms with Crippen LogP contribution < -0.4 is 10.6 Å². The second kappa shape index (κ2) is 15.7. The molecule has 0 bridgehead atoms. The molecule has 0 spiro atoms. The Hall–Kier alpha value is -3.39. The molecule has 16 heteroatoms. The molecule has 1 saturated carbocycles. The molecule has 1 fully saturated rings. The van der Waals surface area contributed by atoms with Gasteiger partial charge in [0.15, 0.2) is 11.8 Å². The average Bonchev–Trinajstić information content (AvgIpc) is 3.66. The maximum Gasteiger partial charge on any atom is 0.414 e. The molecule has 3 N–H and O–H groups in total. The van der Waals surface area contributed by atoms with Gasteiger partial charge in [0, 0.05) is 26.6 Å². The molecule has 226 valence electrons. The first kappa shape index (κ1) is 34.8. The summed E-state index contributed by atoms with van der Waals surface area (Å²) in [7, 11) is 15.3. The SMILES string of the molecule is C1CC1.CNC(=O)c1nonc1C.[B]C([B])(CNC=O)N(C)Cc1ccc2nc(C[C@@H](C)OC(C)C(F)(F)F)[nH]c2c1. The van der Waals surface area contributed by atoms with Crippen molar-refractivity contribution in [3.05, 3.63) is 41.0 Å². The van der Waals surface area contributed by atoms with E-state index in [1.807, 2.05) is 12.1 Å². The van der Waals surface area contributed by atoms with Crippen LogP contribution in [-0.2, 0) is 22.5 Å². The third kappa shape index (κ3) is 11.5. The molecule has 42 heavy (non-hydrogen) atoms. The number of amides is 2. The third-order valence-electron chi connectivity index (χ3n) is 6.02. The van der Waals surface area contributed by atoms with Crippen molar-refractivity contribution < 1.29 is 32.1 Å². The highest BCUT2D eigenvalue weighted by Gasteiger charge is 2.38. The fourth-order valence-electron chi connectivity index (χ4n) is 3.37. The summed E-state index contributed by atoms with van der Waals surface area (Å²) in [4.78, 5) is 30.5. The molecule has 2 amide bonds. The van der Waals surface area contributed by atoms with Crippen LogP contribution in [0.5, 0.6) is 0 Å². The zero-order valence-electron chi connectivity index (χ0n) is 24.4. The number of fused-ring (bicyclic) bond motifs is 1. The lowest BCUT2D eigenvalue weighted by Gasteiger charge is -2.36. The highest BCUT2D eigenvalue weighted by molar-refractivity contribution is 6.40. The van der Waals surface area contributed by atoms with Gasteiger partial charge in [0.2, 0.25) is 6.41 Å². The molecule has 2 heterocycles. The number of halogens is 3. The van der Waals surface area contributed by atoms with Gasteiger partial charge in [-0.2, -0.15) is 13.2 Å². The van der Waals surface area contributed by atoms with Crippen LogP contribution in [0.4, 0.5) is 13.2 Å². The maximum absolute atomic E-state index is 12.6. The fourth-order valence-corrected chi connectivity index (χ4v) is 3.37. The van der Waals surface area contributed by atoms with E-state index < -0.39 is 23.7 Å². The van der Waals surface area contributed by atoms with Crippen LogP contribution >= 0.6 is 0 Å². The zero-order chi connectivity index (χ0) is 31.5. The molecule has 0 saturated heterocycles. The minimum absolute atomic E-state index is 0.0810. The molecule has 11 nitrogen and oxygen atoms in total. The monoisotopic (exact) mass is 589 g/mol. The van der Waals surface area contributed by atoms with E-state index in [2.05, 4.69) is 35.5 Å². The summed E-state index contributed by atoms with van der Waals surface area (Å²) in [5.74, 6) is 0.258. The first-order valence-corrected chi connectivity index (χ1v) is 13.3. The number of rotatable bonds is 11. The van der Waals surface area contributed by atoms with Gasteiger partial charge in [-0.1, -0.05) is 30.5 Å². The number of aryl methyl sites for hydroxylation is 1. The number of likely N-dealkylation sites (N-methyl/N-ethyl adjacent to an activating group) is 1. The number of H-pyrrole nitrogens is 1. The number of hydrogen-bond acceptors (Lipinski definition) is 8. The predicted molar refractivity (Wildman–Crippen MR) is 152 cm³/mol. The molecule has 0 aliphatic heterocycles. The normalized spacial score (nSPS) is 14.2. The molecular weight excluding hydrogens is 553 g/mol. The number of aromatic nitrogens is 4. The van der Waals surface area contributed by atoms with Crippen molar-refractivity contribution in [2.45, 2.75) is 76.7 Å². The van der Waals surface area contributed by atoms with Gasteiger partial charge >= 0.3 is 6.18 Å². The van der Waals surface area contributed by atoms with Gasteiger partial charge in [0.25, 0.3) is 5.91 Å². The predicted octanol–water partition coefficient (Wildman–Crippen LogP) is 2.54. The van der Waals surface area contributed by atoms with Crippen molar-refractivity contribution in [3.8, 4) is 0 Å². The van der Waals surface area contributed by atoms with Gasteiger partial charge in [-0.25, -0.2) is 9.61 Å². The second-order valence-corrected chi connectivity index (χ2v) is 10.1. The minimum atomic E-state index is -4.40. The molecule has 2 aromatic heterocycles. The number of imidazole rings is 1. The average molecular weight is 589 g/mol. The zero-order valence-corrected chi connectivity index (χ0v) is 24.4. The molecule has 4 radical (unpaired) electrons. The van der Waals surface area contributed by atoms with Crippen molar-refractivity contribution in [1.29, 1.82) is 0 Å². The summed E-state index contributed by atoms with van der Waals surface area (Å²) < 4.78 is 47.2. The fraction of sp³-hybridized carbons (Fsp3) is 0.577. The topological polar surface area (TPSA) is 138 Å². The number of nitrogens with one attached hydrogen (secondary N) is 3. The summed E-state index contributed by atoms with van der Waals surface area (Å²) in [6.07, 6.45) is -1.65. The first-order chi connectivity index (χ1) is 19.7. The Bertz CT molecular complexity index is 1280. The third-order valence-corrected chi connectivity index (χ3v) is 6.02. The molecule has 1 unspecified atom stereocenters. The Kier molecular flexibility index (Phi) is 13.0. The molecule has 1 aliphatic carbocycles. The van der Waals surface area contributed by atoms with Gasteiger partial charge < -0.3 is 25.3 Å². The van der Waals surface area contributed by atoms with Gasteiger partial charge in [-0.3, -0.25) is 9.59 Å². The number of carbonyl (C=O) groups is 2. The first-order valence-electron chi connectivity index (χ1n) is 13.3. The van der Waals surface area contributed by atoms with Crippen LogP contribution in [0.15, 0.2) is 22.8 Å². The number of carbonyl (C=O) groups excluding carboxylic acids is 2. The van der Waals surface area contributed by atoms with Crippen LogP contribution in [-0.4, -0.2) is 97.6 Å². The summed E-state index contributed by atoms with van der Waals surface area (Å²) in [5, 5.41) is 10.5. The van der Waals surface area contributed by atoms with E-state index in [1.54, 1.807) is 31.9 Å². The van der Waals surface area contributed by atoms with Crippen LogP contribution in [0, 0.1) is 6.92 Å². The quantitative estimate of drug-likeness (QED) is 0.229. The Morgan fingerprint density at radius 1 is 1.24 bits per heavy atom. The molecular formula is C26H36B2F3N7O4. The number of ether oxygens (including phenoxy) is 1. The number of hydrogen-bond donors (Lipinski definition) is 3. The summed E-state index contributed by atoms with van der Waals surface area (Å²) >= 11 is 0. The minimum Gasteiger partial charge on any atom is -0.366 e. The van der Waals surface area contributed by atoms with Crippen molar-refractivity contribution in [1.82, 2.24) is 35.8 Å². The van der Waals surface area contributed by atoms with E-state index in [-0.39, 0.29) is 24.6 Å². The smallest absolute Gasteiger partial charge is 0.366 e. The largest absolute Gasteiger partial charge is 0.414 e. The van der Waals surface area contributed by atoms with E-state index >= 15 is 0 Å².